The van der Waals surface area contributed by atoms with Crippen LogP contribution in [0.2, 0.25) is 0 Å². The number of hydrogen-bond donors (Lipinski definition) is 1. The van der Waals surface area contributed by atoms with Crippen LogP contribution in [0.25, 0.3) is 11.6 Å². The van der Waals surface area contributed by atoms with E-state index in [1.54, 1.807) is 6.07 Å². The summed E-state index contributed by atoms with van der Waals surface area (Å²) in [7, 11) is -3.31. The second-order valence-corrected chi connectivity index (χ2v) is 9.07. The van der Waals surface area contributed by atoms with E-state index in [2.05, 4.69) is 60.2 Å². The standard InChI is InChI=1S/C24H23NO2S/c1-17-7-5-10-20-14-13-19-9-3-4-12-22(19)23(24(17)20)16-18-8-6-11-21(15-18)25-28(2,26)27/h3-12,15-16,25H,13-14H2,1-2H3/b23-16-. The van der Waals surface area contributed by atoms with E-state index in [0.29, 0.717) is 5.69 Å². The first kappa shape index (κ1) is 18.5. The fraction of sp³-hybridized carbons (Fsp3) is 0.167. The minimum Gasteiger partial charge on any atom is -0.284 e. The Morgan fingerprint density at radius 1 is 0.893 bits per heavy atom. The Labute approximate surface area is 166 Å². The Morgan fingerprint density at radius 2 is 1.61 bits per heavy atom. The van der Waals surface area contributed by atoms with Gasteiger partial charge in [-0.15, -0.1) is 0 Å². The normalized spacial score (nSPS) is 14.9. The maximum atomic E-state index is 11.6. The molecule has 0 spiro atoms. The second kappa shape index (κ2) is 7.28. The zero-order valence-corrected chi connectivity index (χ0v) is 16.9. The highest BCUT2D eigenvalue weighted by Gasteiger charge is 2.19. The number of sulfonamides is 1. The molecule has 3 aromatic carbocycles. The van der Waals surface area contributed by atoms with Crippen molar-refractivity contribution in [3.63, 3.8) is 0 Å². The fourth-order valence-corrected chi connectivity index (χ4v) is 4.51. The molecule has 28 heavy (non-hydrogen) atoms. The Kier molecular flexibility index (Phi) is 4.82. The van der Waals surface area contributed by atoms with Crippen molar-refractivity contribution in [3.05, 3.63) is 100 Å². The van der Waals surface area contributed by atoms with Crippen LogP contribution in [0.15, 0.2) is 66.7 Å². The van der Waals surface area contributed by atoms with E-state index in [4.69, 9.17) is 0 Å². The fourth-order valence-electron chi connectivity index (χ4n) is 3.95. The molecule has 4 rings (SSSR count). The van der Waals surface area contributed by atoms with Gasteiger partial charge in [0.15, 0.2) is 0 Å². The molecule has 0 aromatic heterocycles. The van der Waals surface area contributed by atoms with Crippen LogP contribution in [0.5, 0.6) is 0 Å². The van der Waals surface area contributed by atoms with Crippen LogP contribution < -0.4 is 4.72 Å². The summed E-state index contributed by atoms with van der Waals surface area (Å²) in [4.78, 5) is 0. The highest BCUT2D eigenvalue weighted by atomic mass is 32.2. The largest absolute Gasteiger partial charge is 0.284 e. The van der Waals surface area contributed by atoms with Crippen LogP contribution in [0, 0.1) is 6.92 Å². The first-order valence-corrected chi connectivity index (χ1v) is 11.3. The molecule has 0 saturated heterocycles. The summed E-state index contributed by atoms with van der Waals surface area (Å²) in [5.74, 6) is 0. The van der Waals surface area contributed by atoms with Gasteiger partial charge in [0, 0.05) is 5.69 Å². The first-order valence-electron chi connectivity index (χ1n) is 9.37. The van der Waals surface area contributed by atoms with E-state index in [-0.39, 0.29) is 0 Å². The van der Waals surface area contributed by atoms with Crippen molar-refractivity contribution < 1.29 is 8.42 Å². The van der Waals surface area contributed by atoms with Crippen molar-refractivity contribution in [1.82, 2.24) is 0 Å². The summed E-state index contributed by atoms with van der Waals surface area (Å²) in [6.45, 7) is 2.16. The van der Waals surface area contributed by atoms with Crippen molar-refractivity contribution >= 4 is 27.4 Å². The second-order valence-electron chi connectivity index (χ2n) is 7.32. The number of rotatable bonds is 3. The molecule has 4 heteroatoms. The molecule has 1 N–H and O–H groups in total. The predicted octanol–water partition coefficient (Wildman–Crippen LogP) is 5.05. The van der Waals surface area contributed by atoms with Crippen molar-refractivity contribution in [2.45, 2.75) is 19.8 Å². The molecule has 0 saturated carbocycles. The lowest BCUT2D eigenvalue weighted by atomic mass is 9.89. The summed E-state index contributed by atoms with van der Waals surface area (Å²) in [6.07, 6.45) is 5.36. The van der Waals surface area contributed by atoms with Gasteiger partial charge < -0.3 is 0 Å². The van der Waals surface area contributed by atoms with E-state index < -0.39 is 10.0 Å². The van der Waals surface area contributed by atoms with E-state index in [0.717, 1.165) is 18.4 Å². The van der Waals surface area contributed by atoms with Crippen LogP contribution in [0.3, 0.4) is 0 Å². The van der Waals surface area contributed by atoms with Gasteiger partial charge >= 0.3 is 0 Å². The van der Waals surface area contributed by atoms with Crippen molar-refractivity contribution in [1.29, 1.82) is 0 Å². The summed E-state index contributed by atoms with van der Waals surface area (Å²) >= 11 is 0. The van der Waals surface area contributed by atoms with Gasteiger partial charge in [-0.1, -0.05) is 54.6 Å². The van der Waals surface area contributed by atoms with E-state index >= 15 is 0 Å². The third-order valence-electron chi connectivity index (χ3n) is 5.10. The van der Waals surface area contributed by atoms with Gasteiger partial charge in [-0.05, 0) is 76.9 Å². The monoisotopic (exact) mass is 389 g/mol. The maximum absolute atomic E-state index is 11.6. The van der Waals surface area contributed by atoms with Crippen LogP contribution in [0.4, 0.5) is 5.69 Å². The molecule has 0 fully saturated rings. The molecule has 0 unspecified atom stereocenters. The molecule has 3 aromatic rings. The Hall–Kier alpha value is -2.85. The summed E-state index contributed by atoms with van der Waals surface area (Å²) < 4.78 is 25.7. The molecule has 1 aliphatic carbocycles. The maximum Gasteiger partial charge on any atom is 0.229 e. The average molecular weight is 390 g/mol. The Balaban J connectivity index is 1.91. The first-order chi connectivity index (χ1) is 13.4. The van der Waals surface area contributed by atoms with Crippen LogP contribution in [-0.2, 0) is 22.9 Å². The Bertz CT molecular complexity index is 1180. The molecule has 142 valence electrons. The van der Waals surface area contributed by atoms with E-state index in [1.165, 1.54) is 39.6 Å². The van der Waals surface area contributed by atoms with Gasteiger partial charge in [0.1, 0.15) is 0 Å². The number of nitrogens with one attached hydrogen (secondary N) is 1. The highest BCUT2D eigenvalue weighted by Crippen LogP contribution is 2.36. The average Bonchev–Trinajstić information content (AvgIpc) is 2.79. The van der Waals surface area contributed by atoms with Crippen molar-refractivity contribution in [2.75, 3.05) is 11.0 Å². The molecule has 0 amide bonds. The summed E-state index contributed by atoms with van der Waals surface area (Å²) in [5, 5.41) is 0. The Morgan fingerprint density at radius 3 is 2.43 bits per heavy atom. The van der Waals surface area contributed by atoms with E-state index in [9.17, 15) is 8.42 Å². The molecule has 0 radical (unpaired) electrons. The number of benzene rings is 3. The third-order valence-corrected chi connectivity index (χ3v) is 5.71. The number of aryl methyl sites for hydroxylation is 3. The van der Waals surface area contributed by atoms with Gasteiger partial charge in [-0.2, -0.15) is 0 Å². The topological polar surface area (TPSA) is 46.2 Å². The smallest absolute Gasteiger partial charge is 0.229 e. The van der Waals surface area contributed by atoms with Gasteiger partial charge in [0.25, 0.3) is 0 Å². The molecular formula is C24H23NO2S. The van der Waals surface area contributed by atoms with Gasteiger partial charge in [-0.25, -0.2) is 8.42 Å². The molecule has 0 aliphatic heterocycles. The van der Waals surface area contributed by atoms with Crippen molar-refractivity contribution in [3.8, 4) is 0 Å². The predicted molar refractivity (Wildman–Crippen MR) is 117 cm³/mol. The zero-order chi connectivity index (χ0) is 19.7. The zero-order valence-electron chi connectivity index (χ0n) is 16.1. The van der Waals surface area contributed by atoms with Gasteiger partial charge in [0.2, 0.25) is 10.0 Å². The summed E-state index contributed by atoms with van der Waals surface area (Å²) in [6, 6.07) is 22.6. The minimum absolute atomic E-state index is 0.573. The quantitative estimate of drug-likeness (QED) is 0.681. The molecule has 1 aliphatic rings. The minimum atomic E-state index is -3.31. The molecule has 3 nitrogen and oxygen atoms in total. The molecule has 0 heterocycles. The van der Waals surface area contributed by atoms with Gasteiger partial charge in [-0.3, -0.25) is 4.72 Å². The molecular weight excluding hydrogens is 366 g/mol. The number of hydrogen-bond acceptors (Lipinski definition) is 2. The van der Waals surface area contributed by atoms with Crippen molar-refractivity contribution in [2.24, 2.45) is 0 Å². The lowest BCUT2D eigenvalue weighted by molar-refractivity contribution is 0.607. The van der Waals surface area contributed by atoms with Crippen LogP contribution >= 0.6 is 0 Å². The number of fused-ring (bicyclic) bond motifs is 2. The SMILES string of the molecule is Cc1cccc2c1/C(=C\c1cccc(NS(C)(=O)=O)c1)c1ccccc1CC2. The summed E-state index contributed by atoms with van der Waals surface area (Å²) in [5.41, 5.74) is 9.22. The van der Waals surface area contributed by atoms with Crippen LogP contribution in [-0.4, -0.2) is 14.7 Å². The van der Waals surface area contributed by atoms with Crippen LogP contribution in [0.1, 0.15) is 33.4 Å². The number of anilines is 1. The lowest BCUT2D eigenvalue weighted by Gasteiger charge is -2.15. The van der Waals surface area contributed by atoms with E-state index in [1.807, 2.05) is 18.2 Å². The third kappa shape index (κ3) is 3.87. The molecule has 0 bridgehead atoms. The lowest BCUT2D eigenvalue weighted by Crippen LogP contribution is -2.09. The highest BCUT2D eigenvalue weighted by molar-refractivity contribution is 7.92. The van der Waals surface area contributed by atoms with Gasteiger partial charge in [0.05, 0.1) is 6.26 Å². The molecule has 0 atom stereocenters.